The van der Waals surface area contributed by atoms with Crippen LogP contribution in [0.1, 0.15) is 0 Å². The molecule has 0 saturated heterocycles. The second-order valence-electron chi connectivity index (χ2n) is 9.59. The molecule has 40 heavy (non-hydrogen) atoms. The van der Waals surface area contributed by atoms with Crippen molar-refractivity contribution in [2.75, 3.05) is 0 Å². The van der Waals surface area contributed by atoms with Crippen molar-refractivity contribution >= 4 is 51.3 Å². The molecule has 6 aromatic carbocycles. The molecule has 0 unspecified atom stereocenters. The van der Waals surface area contributed by atoms with Crippen LogP contribution in [-0.2, 0) is 16.3 Å². The van der Waals surface area contributed by atoms with Crippen LogP contribution in [-0.4, -0.2) is 0 Å². The molecule has 0 aliphatic heterocycles. The molecule has 0 atom stereocenters. The standard InChI is InChI=1S/2C18H15P.Au.ClH/c2*1-4-10-16(11-5-1)19(17-12-6-2-7-13-17)18-14-8-3-9-15-18;;/h2*1-15H;;1H/q;;-1;/p+1. The van der Waals surface area contributed by atoms with E-state index in [9.17, 15) is 0 Å². The summed E-state index contributed by atoms with van der Waals surface area (Å²) in [5, 5.41) is 2.88. The summed E-state index contributed by atoms with van der Waals surface area (Å²) >= 11 is -2.45. The van der Waals surface area contributed by atoms with Crippen LogP contribution in [0, 0.1) is 0 Å². The fraction of sp³-hybridized carbons (Fsp3) is 0. The van der Waals surface area contributed by atoms with Gasteiger partial charge in [-0.15, -0.1) is 0 Å². The van der Waals surface area contributed by atoms with E-state index in [4.69, 9.17) is 9.19 Å². The van der Waals surface area contributed by atoms with Gasteiger partial charge in [0.15, 0.2) is 0 Å². The van der Waals surface area contributed by atoms with Crippen LogP contribution >= 0.6 is 19.5 Å². The van der Waals surface area contributed by atoms with Gasteiger partial charge in [-0.1, -0.05) is 0 Å². The van der Waals surface area contributed by atoms with E-state index in [1.807, 2.05) is 0 Å². The minimum atomic E-state index is -2.74. The summed E-state index contributed by atoms with van der Waals surface area (Å²) in [4.78, 5) is 0. The molecule has 0 spiro atoms. The first-order valence-corrected chi connectivity index (χ1v) is 26.2. The molecule has 0 radical (unpaired) electrons. The topological polar surface area (TPSA) is 0 Å². The number of hydrogen-bond acceptors (Lipinski definition) is 0. The van der Waals surface area contributed by atoms with Crippen molar-refractivity contribution in [3.63, 3.8) is 0 Å². The first-order chi connectivity index (χ1) is 19.8. The van der Waals surface area contributed by atoms with Crippen molar-refractivity contribution in [2.24, 2.45) is 0 Å². The monoisotopic (exact) mass is 758 g/mol. The molecule has 0 N–H and O–H groups in total. The van der Waals surface area contributed by atoms with Crippen LogP contribution in [0.3, 0.4) is 0 Å². The van der Waals surface area contributed by atoms with Gasteiger partial charge in [-0.05, 0) is 0 Å². The summed E-state index contributed by atoms with van der Waals surface area (Å²) < 4.78 is 0. The maximum absolute atomic E-state index is 8.61. The molecule has 0 aromatic heterocycles. The maximum atomic E-state index is 8.61. The third-order valence-corrected chi connectivity index (χ3v) is 53.9. The Morgan fingerprint density at radius 3 is 0.575 bits per heavy atom. The number of hydrogen-bond donors (Lipinski definition) is 0. The van der Waals surface area contributed by atoms with Gasteiger partial charge in [0.25, 0.3) is 0 Å². The Morgan fingerprint density at radius 1 is 0.275 bits per heavy atom. The number of rotatable bonds is 8. The quantitative estimate of drug-likeness (QED) is 0.116. The molecule has 0 nitrogen and oxygen atoms in total. The van der Waals surface area contributed by atoms with Crippen LogP contribution in [0.15, 0.2) is 182 Å². The third kappa shape index (κ3) is 4.74. The number of halogens is 1. The Labute approximate surface area is 248 Å². The summed E-state index contributed by atoms with van der Waals surface area (Å²) in [6.45, 7) is 0. The molecule has 0 amide bonds. The fourth-order valence-electron chi connectivity index (χ4n) is 5.56. The zero-order chi connectivity index (χ0) is 27.3. The zero-order valence-corrected chi connectivity index (χ0v) is 26.9. The van der Waals surface area contributed by atoms with Gasteiger partial charge in [0.05, 0.1) is 0 Å². The van der Waals surface area contributed by atoms with Crippen molar-refractivity contribution < 1.29 is 16.3 Å². The average Bonchev–Trinajstić information content (AvgIpc) is 3.05. The Hall–Kier alpha value is -2.79. The predicted octanol–water partition coefficient (Wildman–Crippen LogP) is 7.04. The Morgan fingerprint density at radius 2 is 0.425 bits per heavy atom. The molecule has 204 valence electrons. The molecular weight excluding hydrogens is 727 g/mol. The van der Waals surface area contributed by atoms with Gasteiger partial charge < -0.3 is 0 Å². The van der Waals surface area contributed by atoms with Crippen LogP contribution in [0.25, 0.3) is 0 Å². The second kappa shape index (κ2) is 12.4. The van der Waals surface area contributed by atoms with Crippen LogP contribution in [0.4, 0.5) is 0 Å². The molecular formula is C36H32AuClP2. The molecule has 0 fully saturated rings. The van der Waals surface area contributed by atoms with E-state index in [1.54, 1.807) is 0 Å². The Bertz CT molecular complexity index is 1310. The van der Waals surface area contributed by atoms with Crippen molar-refractivity contribution in [2.45, 2.75) is 0 Å². The van der Waals surface area contributed by atoms with Crippen molar-refractivity contribution in [3.8, 4) is 0 Å². The summed E-state index contributed by atoms with van der Waals surface area (Å²) in [5.74, 6) is 0. The van der Waals surface area contributed by atoms with Gasteiger partial charge in [0.2, 0.25) is 0 Å². The zero-order valence-electron chi connectivity index (χ0n) is 22.0. The SMILES string of the molecule is [Cl][Au]([PH](c1ccccc1)(c1ccccc1)c1ccccc1)[PH](c1ccccc1)(c1ccccc1)c1ccccc1. The summed E-state index contributed by atoms with van der Waals surface area (Å²) in [7, 11) is 8.61. The molecule has 0 heterocycles. The van der Waals surface area contributed by atoms with Gasteiger partial charge in [-0.2, -0.15) is 0 Å². The molecule has 0 aliphatic carbocycles. The van der Waals surface area contributed by atoms with E-state index >= 15 is 0 Å². The summed E-state index contributed by atoms with van der Waals surface area (Å²) in [5.41, 5.74) is 0. The van der Waals surface area contributed by atoms with Crippen molar-refractivity contribution in [3.05, 3.63) is 182 Å². The molecule has 6 rings (SSSR count). The molecule has 4 heteroatoms. The van der Waals surface area contributed by atoms with E-state index < -0.39 is 26.6 Å². The van der Waals surface area contributed by atoms with Crippen molar-refractivity contribution in [1.29, 1.82) is 0 Å². The van der Waals surface area contributed by atoms with E-state index in [1.165, 1.54) is 31.8 Å². The minimum absolute atomic E-state index is 1.39. The van der Waals surface area contributed by atoms with E-state index in [0.717, 1.165) is 0 Å². The van der Waals surface area contributed by atoms with E-state index in [0.29, 0.717) is 0 Å². The summed E-state index contributed by atoms with van der Waals surface area (Å²) in [6, 6.07) is 67.2. The van der Waals surface area contributed by atoms with Crippen LogP contribution in [0.2, 0.25) is 0 Å². The van der Waals surface area contributed by atoms with Gasteiger partial charge in [-0.25, -0.2) is 0 Å². The van der Waals surface area contributed by atoms with Crippen LogP contribution < -0.4 is 31.8 Å². The molecule has 0 saturated carbocycles. The predicted molar refractivity (Wildman–Crippen MR) is 179 cm³/mol. The van der Waals surface area contributed by atoms with E-state index in [-0.39, 0.29) is 0 Å². The van der Waals surface area contributed by atoms with Crippen LogP contribution in [0.5, 0.6) is 0 Å². The average molecular weight is 759 g/mol. The first kappa shape index (κ1) is 27.4. The number of benzene rings is 6. The third-order valence-electron chi connectivity index (χ3n) is 7.29. The van der Waals surface area contributed by atoms with E-state index in [2.05, 4.69) is 182 Å². The van der Waals surface area contributed by atoms with Gasteiger partial charge in [0.1, 0.15) is 0 Å². The summed E-state index contributed by atoms with van der Waals surface area (Å²) in [6.07, 6.45) is 0. The van der Waals surface area contributed by atoms with Gasteiger partial charge in [-0.3, -0.25) is 0 Å². The Kier molecular flexibility index (Phi) is 8.48. The molecule has 0 bridgehead atoms. The van der Waals surface area contributed by atoms with Gasteiger partial charge in [0, 0.05) is 0 Å². The Balaban J connectivity index is 1.81. The normalized spacial score (nSPS) is 12.9. The molecule has 6 aromatic rings. The second-order valence-corrected chi connectivity index (χ2v) is 39.0. The van der Waals surface area contributed by atoms with Gasteiger partial charge >= 0.3 is 250 Å². The fourth-order valence-corrected chi connectivity index (χ4v) is 63.5. The first-order valence-electron chi connectivity index (χ1n) is 13.4. The molecule has 0 aliphatic rings. The van der Waals surface area contributed by atoms with Crippen molar-refractivity contribution in [1.82, 2.24) is 0 Å².